The summed E-state index contributed by atoms with van der Waals surface area (Å²) in [6, 6.07) is 10.4. The fourth-order valence-corrected chi connectivity index (χ4v) is 4.11. The molecule has 1 aromatic carbocycles. The molecule has 1 aliphatic rings. The quantitative estimate of drug-likeness (QED) is 0.668. The maximum absolute atomic E-state index is 12.5. The second-order valence-corrected chi connectivity index (χ2v) is 7.73. The molecule has 1 amide bonds. The molecule has 0 spiro atoms. The van der Waals surface area contributed by atoms with Crippen molar-refractivity contribution in [3.63, 3.8) is 0 Å². The fourth-order valence-electron chi connectivity index (χ4n) is 4.11. The topological polar surface area (TPSA) is 59.4 Å². The van der Waals surface area contributed by atoms with Crippen molar-refractivity contribution < 1.29 is 9.53 Å². The van der Waals surface area contributed by atoms with Crippen molar-refractivity contribution in [3.05, 3.63) is 48.3 Å². The summed E-state index contributed by atoms with van der Waals surface area (Å²) >= 11 is 0. The zero-order chi connectivity index (χ0) is 20.5. The number of carbonyl (C=O) groups is 1. The maximum atomic E-state index is 12.5. The summed E-state index contributed by atoms with van der Waals surface area (Å²) in [4.78, 5) is 15.0. The number of carbonyl (C=O) groups excluding carboxylic acids is 1. The first-order valence-corrected chi connectivity index (χ1v) is 10.9. The molecule has 1 aliphatic heterocycles. The van der Waals surface area contributed by atoms with Crippen molar-refractivity contribution in [1.82, 2.24) is 20.0 Å². The molecule has 1 aromatic heterocycles. The lowest BCUT2D eigenvalue weighted by molar-refractivity contribution is -0.121. The highest BCUT2D eigenvalue weighted by Gasteiger charge is 2.27. The van der Waals surface area contributed by atoms with E-state index in [9.17, 15) is 4.79 Å². The summed E-state index contributed by atoms with van der Waals surface area (Å²) in [5.74, 6) is 0.708. The third kappa shape index (κ3) is 6.15. The summed E-state index contributed by atoms with van der Waals surface area (Å²) in [5, 5.41) is 7.60. The second-order valence-electron chi connectivity index (χ2n) is 7.73. The molecule has 1 saturated heterocycles. The number of ether oxygens (including phenoxy) is 1. The largest absolute Gasteiger partial charge is 0.379 e. The standard InChI is InChI=1S/C23H34N4O2/c1-3-20(4-2)22(26-12-14-29-15-13-26)17-24-23(28)11-10-19-16-25-27(18-19)21-8-6-5-7-9-21/h5-9,16,18,20,22H,3-4,10-15,17H2,1-2H3,(H,24,28). The highest BCUT2D eigenvalue weighted by atomic mass is 16.5. The molecule has 6 heteroatoms. The number of morpholine rings is 1. The molecule has 1 fully saturated rings. The average Bonchev–Trinajstić information content (AvgIpc) is 3.25. The SMILES string of the molecule is CCC(CC)C(CNC(=O)CCc1cnn(-c2ccccc2)c1)N1CCOCC1. The minimum Gasteiger partial charge on any atom is -0.379 e. The maximum Gasteiger partial charge on any atom is 0.220 e. The van der Waals surface area contributed by atoms with Gasteiger partial charge < -0.3 is 10.1 Å². The van der Waals surface area contributed by atoms with Crippen LogP contribution in [0.1, 0.15) is 38.7 Å². The Hall–Kier alpha value is -2.18. The van der Waals surface area contributed by atoms with Crippen molar-refractivity contribution in [2.45, 2.75) is 45.6 Å². The number of hydrogen-bond acceptors (Lipinski definition) is 4. The number of amides is 1. The number of para-hydroxylation sites is 1. The van der Waals surface area contributed by atoms with Crippen LogP contribution < -0.4 is 5.32 Å². The van der Waals surface area contributed by atoms with E-state index in [1.807, 2.05) is 47.4 Å². The van der Waals surface area contributed by atoms with E-state index in [0.29, 0.717) is 31.3 Å². The summed E-state index contributed by atoms with van der Waals surface area (Å²) in [6.07, 6.45) is 7.30. The van der Waals surface area contributed by atoms with Crippen LogP contribution in [0, 0.1) is 5.92 Å². The van der Waals surface area contributed by atoms with Crippen LogP contribution in [0.5, 0.6) is 0 Å². The van der Waals surface area contributed by atoms with Crippen LogP contribution >= 0.6 is 0 Å². The van der Waals surface area contributed by atoms with Crippen molar-refractivity contribution in [2.24, 2.45) is 5.92 Å². The van der Waals surface area contributed by atoms with Gasteiger partial charge in [0.15, 0.2) is 0 Å². The molecule has 0 bridgehead atoms. The molecular formula is C23H34N4O2. The van der Waals surface area contributed by atoms with Gasteiger partial charge in [0.25, 0.3) is 0 Å². The molecule has 1 N–H and O–H groups in total. The predicted molar refractivity (Wildman–Crippen MR) is 115 cm³/mol. The molecule has 158 valence electrons. The number of nitrogens with one attached hydrogen (secondary N) is 1. The monoisotopic (exact) mass is 398 g/mol. The number of aromatic nitrogens is 2. The van der Waals surface area contributed by atoms with Crippen LogP contribution in [0.15, 0.2) is 42.7 Å². The molecule has 3 rings (SSSR count). The Morgan fingerprint density at radius 2 is 1.90 bits per heavy atom. The van der Waals surface area contributed by atoms with Gasteiger partial charge in [-0.1, -0.05) is 44.9 Å². The van der Waals surface area contributed by atoms with Gasteiger partial charge in [-0.2, -0.15) is 5.10 Å². The van der Waals surface area contributed by atoms with Gasteiger partial charge in [-0.25, -0.2) is 4.68 Å². The lowest BCUT2D eigenvalue weighted by Crippen LogP contribution is -2.52. The molecule has 2 aromatic rings. The van der Waals surface area contributed by atoms with E-state index < -0.39 is 0 Å². The Morgan fingerprint density at radius 1 is 1.17 bits per heavy atom. The highest BCUT2D eigenvalue weighted by Crippen LogP contribution is 2.19. The van der Waals surface area contributed by atoms with Crippen molar-refractivity contribution >= 4 is 5.91 Å². The molecule has 29 heavy (non-hydrogen) atoms. The molecule has 1 atom stereocenters. The first-order chi connectivity index (χ1) is 14.2. The van der Waals surface area contributed by atoms with Crippen molar-refractivity contribution in [3.8, 4) is 5.69 Å². The average molecular weight is 399 g/mol. The molecule has 2 heterocycles. The minimum atomic E-state index is 0.113. The second kappa shape index (κ2) is 11.1. The van der Waals surface area contributed by atoms with Crippen LogP contribution in [0.2, 0.25) is 0 Å². The van der Waals surface area contributed by atoms with E-state index in [4.69, 9.17) is 4.74 Å². The van der Waals surface area contributed by atoms with Crippen LogP contribution in [0.25, 0.3) is 5.69 Å². The lowest BCUT2D eigenvalue weighted by atomic mass is 9.92. The van der Waals surface area contributed by atoms with Gasteiger partial charge in [0.05, 0.1) is 25.1 Å². The Kier molecular flexibility index (Phi) is 8.25. The molecular weight excluding hydrogens is 364 g/mol. The molecule has 0 saturated carbocycles. The number of rotatable bonds is 10. The molecule has 1 unspecified atom stereocenters. The van der Waals surface area contributed by atoms with E-state index in [1.54, 1.807) is 0 Å². The molecule has 0 aliphatic carbocycles. The highest BCUT2D eigenvalue weighted by molar-refractivity contribution is 5.76. The zero-order valence-corrected chi connectivity index (χ0v) is 17.7. The molecule has 0 radical (unpaired) electrons. The molecule has 6 nitrogen and oxygen atoms in total. The van der Waals surface area contributed by atoms with Gasteiger partial charge in [-0.15, -0.1) is 0 Å². The summed E-state index contributed by atoms with van der Waals surface area (Å²) in [6.45, 7) is 8.69. The van der Waals surface area contributed by atoms with E-state index in [0.717, 1.165) is 50.4 Å². The van der Waals surface area contributed by atoms with Crippen molar-refractivity contribution in [2.75, 3.05) is 32.8 Å². The number of nitrogens with zero attached hydrogens (tertiary/aromatic N) is 3. The number of hydrogen-bond donors (Lipinski definition) is 1. The van der Waals surface area contributed by atoms with Gasteiger partial charge in [0.1, 0.15) is 0 Å². The zero-order valence-electron chi connectivity index (χ0n) is 17.7. The summed E-state index contributed by atoms with van der Waals surface area (Å²) in [5.41, 5.74) is 2.11. The van der Waals surface area contributed by atoms with E-state index >= 15 is 0 Å². The predicted octanol–water partition coefficient (Wildman–Crippen LogP) is 3.06. The van der Waals surface area contributed by atoms with Gasteiger partial charge in [0.2, 0.25) is 5.91 Å². The number of aryl methyl sites for hydroxylation is 1. The summed E-state index contributed by atoms with van der Waals surface area (Å²) < 4.78 is 7.36. The van der Waals surface area contributed by atoms with E-state index in [-0.39, 0.29) is 5.91 Å². The Morgan fingerprint density at radius 3 is 2.59 bits per heavy atom. The Balaban J connectivity index is 1.49. The van der Waals surface area contributed by atoms with Gasteiger partial charge >= 0.3 is 0 Å². The van der Waals surface area contributed by atoms with Crippen molar-refractivity contribution in [1.29, 1.82) is 0 Å². The number of benzene rings is 1. The minimum absolute atomic E-state index is 0.113. The fraction of sp³-hybridized carbons (Fsp3) is 0.565. The third-order valence-electron chi connectivity index (χ3n) is 5.91. The smallest absolute Gasteiger partial charge is 0.220 e. The normalized spacial score (nSPS) is 16.1. The van der Waals surface area contributed by atoms with Gasteiger partial charge in [0, 0.05) is 38.3 Å². The Labute approximate surface area is 174 Å². The van der Waals surface area contributed by atoms with Crippen LogP contribution in [-0.2, 0) is 16.0 Å². The van der Waals surface area contributed by atoms with Crippen LogP contribution in [0.3, 0.4) is 0 Å². The van der Waals surface area contributed by atoms with Crippen LogP contribution in [-0.4, -0.2) is 59.5 Å². The van der Waals surface area contributed by atoms with E-state index in [2.05, 4.69) is 29.2 Å². The summed E-state index contributed by atoms with van der Waals surface area (Å²) in [7, 11) is 0. The van der Waals surface area contributed by atoms with Gasteiger partial charge in [-0.05, 0) is 30.0 Å². The van der Waals surface area contributed by atoms with E-state index in [1.165, 1.54) is 0 Å². The first-order valence-electron chi connectivity index (χ1n) is 10.9. The lowest BCUT2D eigenvalue weighted by Gasteiger charge is -2.38. The van der Waals surface area contributed by atoms with Gasteiger partial charge in [-0.3, -0.25) is 9.69 Å². The Bertz CT molecular complexity index is 736. The first kappa shape index (κ1) is 21.5. The third-order valence-corrected chi connectivity index (χ3v) is 5.91. The van der Waals surface area contributed by atoms with Crippen LogP contribution in [0.4, 0.5) is 0 Å².